The molecule has 0 unspecified atom stereocenters. The lowest BCUT2D eigenvalue weighted by molar-refractivity contribution is 0.569. The normalized spacial score (nSPS) is 13.3. The molecular weight excluding hydrogens is 990 g/mol. The third-order valence-corrected chi connectivity index (χ3v) is 17.9. The summed E-state index contributed by atoms with van der Waals surface area (Å²) < 4.78 is 2.77. The van der Waals surface area contributed by atoms with Crippen LogP contribution in [0.2, 0.25) is 0 Å². The van der Waals surface area contributed by atoms with Crippen LogP contribution in [0, 0.1) is 0 Å². The van der Waals surface area contributed by atoms with Crippen molar-refractivity contribution in [2.75, 3.05) is 9.80 Å². The second-order valence-corrected chi connectivity index (χ2v) is 27.4. The molecule has 4 heteroatoms. The van der Waals surface area contributed by atoms with Crippen molar-refractivity contribution in [2.45, 2.75) is 105 Å². The van der Waals surface area contributed by atoms with Crippen molar-refractivity contribution >= 4 is 95.2 Å². The predicted octanol–water partition coefficient (Wildman–Crippen LogP) is 20.5. The molecule has 0 fully saturated rings. The average Bonchev–Trinajstić information content (AvgIpc) is 1.57. The van der Waals surface area contributed by atoms with Gasteiger partial charge in [0.1, 0.15) is 0 Å². The summed E-state index contributed by atoms with van der Waals surface area (Å²) >= 11 is 0. The van der Waals surface area contributed by atoms with Crippen LogP contribution >= 0.6 is 0 Å². The van der Waals surface area contributed by atoms with Crippen molar-refractivity contribution in [1.82, 2.24) is 4.48 Å². The highest BCUT2D eigenvalue weighted by Crippen LogP contribution is 2.53. The molecule has 2 aliphatic heterocycles. The highest BCUT2D eigenvalue weighted by Gasteiger charge is 2.45. The van der Waals surface area contributed by atoms with Crippen LogP contribution in [0.4, 0.5) is 34.1 Å². The van der Waals surface area contributed by atoms with Crippen LogP contribution < -0.4 is 20.7 Å². The smallest absolute Gasteiger partial charge is 0.333 e. The minimum absolute atomic E-state index is 0.0476. The fraction of sp³-hybridized carbons (Fsp3) is 0.205. The van der Waals surface area contributed by atoms with E-state index in [1.165, 1.54) is 127 Å². The summed E-state index contributed by atoms with van der Waals surface area (Å²) in [5, 5.41) is 7.59. The van der Waals surface area contributed by atoms with Gasteiger partial charge in [0.2, 0.25) is 0 Å². The molecule has 0 bridgehead atoms. The highest BCUT2D eigenvalue weighted by molar-refractivity contribution is 6.90. The monoisotopic (exact) mass is 1060 g/mol. The van der Waals surface area contributed by atoms with E-state index in [0.717, 1.165) is 17.1 Å². The summed E-state index contributed by atoms with van der Waals surface area (Å²) in [6.07, 6.45) is 0. The van der Waals surface area contributed by atoms with Crippen LogP contribution in [0.25, 0.3) is 76.7 Å². The molecule has 0 amide bonds. The van der Waals surface area contributed by atoms with E-state index in [1.807, 2.05) is 0 Å². The standard InChI is InChI=1S/C78H72BN3/c1-75(2,3)51-37-38-68-61(42-51)65-43-54(78(10,11)12)44-66-64-45-58(80(55-31-21-15-22-32-55)56-33-23-16-24-34-56)46-70-73(64)79(82(68)74(65)66)67-47-62-63(48-69(67)81(70)57-40-52(76(4,5)6)39-53(41-57)77(7,8)9)72(50-29-19-14-20-30-50)60-36-26-25-35-59(60)71(62)49-27-17-13-18-28-49/h13-48H,1-12H3. The Kier molecular flexibility index (Phi) is 11.6. The fourth-order valence-electron chi connectivity index (χ4n) is 13.5. The van der Waals surface area contributed by atoms with Crippen LogP contribution in [0.15, 0.2) is 218 Å². The first kappa shape index (κ1) is 51.5. The summed E-state index contributed by atoms with van der Waals surface area (Å²) in [6, 6.07) is 83.6. The number of hydrogen-bond donors (Lipinski definition) is 0. The molecule has 2 aliphatic rings. The Morgan fingerprint density at radius 3 is 1.34 bits per heavy atom. The molecule has 0 N–H and O–H groups in total. The molecule has 0 aliphatic carbocycles. The maximum atomic E-state index is 2.77. The molecule has 0 radical (unpaired) electrons. The van der Waals surface area contributed by atoms with E-state index < -0.39 is 0 Å². The number of nitrogens with zero attached hydrogens (tertiary/aromatic N) is 3. The topological polar surface area (TPSA) is 11.4 Å². The first-order valence-corrected chi connectivity index (χ1v) is 29.5. The predicted molar refractivity (Wildman–Crippen MR) is 355 cm³/mol. The first-order valence-electron chi connectivity index (χ1n) is 29.5. The molecule has 82 heavy (non-hydrogen) atoms. The minimum Gasteiger partial charge on any atom is -0.375 e. The molecule has 0 saturated carbocycles. The molecule has 1 aromatic heterocycles. The Balaban J connectivity index is 1.23. The third-order valence-electron chi connectivity index (χ3n) is 17.9. The van der Waals surface area contributed by atoms with Gasteiger partial charge in [-0.25, -0.2) is 0 Å². The summed E-state index contributed by atoms with van der Waals surface area (Å²) in [5.74, 6) is 0. The number of benzene rings is 11. The van der Waals surface area contributed by atoms with Gasteiger partial charge in [-0.05, 0) is 183 Å². The van der Waals surface area contributed by atoms with Crippen LogP contribution in [-0.2, 0) is 21.7 Å². The van der Waals surface area contributed by atoms with Crippen molar-refractivity contribution in [1.29, 1.82) is 0 Å². The van der Waals surface area contributed by atoms with Gasteiger partial charge in [0.05, 0.1) is 0 Å². The van der Waals surface area contributed by atoms with Crippen molar-refractivity contribution in [3.05, 3.63) is 241 Å². The second-order valence-electron chi connectivity index (χ2n) is 27.4. The number of aromatic nitrogens is 1. The summed E-state index contributed by atoms with van der Waals surface area (Å²) in [4.78, 5) is 5.17. The molecule has 0 saturated heterocycles. The Morgan fingerprint density at radius 1 is 0.341 bits per heavy atom. The van der Waals surface area contributed by atoms with Gasteiger partial charge in [0, 0.05) is 61.5 Å². The number of rotatable bonds is 6. The SMILES string of the molecule is CC(C)(C)c1cc(N2c3cc4c(-c5ccccc5)c5ccccc5c(-c5ccccc5)c4cc3B3c4c(cc(N(c5ccccc5)c5ccccc5)cc42)-c2cc(C(C)(C)C)cc4c5cc(C(C)(C)C)ccc5n3c24)cc(C(C)(C)C)c1. The van der Waals surface area contributed by atoms with Crippen molar-refractivity contribution < 1.29 is 0 Å². The van der Waals surface area contributed by atoms with Gasteiger partial charge in [-0.15, -0.1) is 0 Å². The molecule has 12 aromatic rings. The molecule has 14 rings (SSSR count). The van der Waals surface area contributed by atoms with E-state index in [4.69, 9.17) is 0 Å². The highest BCUT2D eigenvalue weighted by atomic mass is 15.2. The Labute approximate surface area is 485 Å². The van der Waals surface area contributed by atoms with Crippen molar-refractivity contribution in [3.8, 4) is 33.4 Å². The Morgan fingerprint density at radius 2 is 0.817 bits per heavy atom. The molecule has 0 spiro atoms. The van der Waals surface area contributed by atoms with Crippen molar-refractivity contribution in [3.63, 3.8) is 0 Å². The first-order chi connectivity index (χ1) is 39.2. The third kappa shape index (κ3) is 8.23. The minimum atomic E-state index is -0.201. The van der Waals surface area contributed by atoms with E-state index in [-0.39, 0.29) is 28.5 Å². The van der Waals surface area contributed by atoms with Gasteiger partial charge in [-0.3, -0.25) is 0 Å². The number of fused-ring (bicyclic) bond motifs is 9. The van der Waals surface area contributed by atoms with E-state index in [2.05, 4.69) is 316 Å². The zero-order valence-corrected chi connectivity index (χ0v) is 49.7. The van der Waals surface area contributed by atoms with Crippen LogP contribution in [-0.4, -0.2) is 11.3 Å². The lowest BCUT2D eigenvalue weighted by Crippen LogP contribution is -2.56. The molecule has 0 atom stereocenters. The van der Waals surface area contributed by atoms with Crippen LogP contribution in [0.3, 0.4) is 0 Å². The zero-order chi connectivity index (χ0) is 56.8. The summed E-state index contributed by atoms with van der Waals surface area (Å²) in [7, 11) is 0. The average molecular weight is 1060 g/mol. The van der Waals surface area contributed by atoms with Gasteiger partial charge in [0.15, 0.2) is 0 Å². The van der Waals surface area contributed by atoms with E-state index in [1.54, 1.807) is 0 Å². The van der Waals surface area contributed by atoms with Gasteiger partial charge >= 0.3 is 6.85 Å². The summed E-state index contributed by atoms with van der Waals surface area (Å²) in [6.45, 7) is 28.2. The molecule has 11 aromatic carbocycles. The quantitative estimate of drug-likeness (QED) is 0.121. The number of hydrogen-bond acceptors (Lipinski definition) is 2. The van der Waals surface area contributed by atoms with Crippen LogP contribution in [0.1, 0.15) is 105 Å². The molecule has 402 valence electrons. The van der Waals surface area contributed by atoms with Gasteiger partial charge < -0.3 is 14.3 Å². The fourth-order valence-corrected chi connectivity index (χ4v) is 13.5. The van der Waals surface area contributed by atoms with Crippen molar-refractivity contribution in [2.24, 2.45) is 0 Å². The van der Waals surface area contributed by atoms with Crippen LogP contribution in [0.5, 0.6) is 0 Å². The van der Waals surface area contributed by atoms with Gasteiger partial charge in [0.25, 0.3) is 0 Å². The summed E-state index contributed by atoms with van der Waals surface area (Å²) in [5.41, 5.74) is 24.3. The maximum Gasteiger partial charge on any atom is 0.333 e. The molecule has 3 nitrogen and oxygen atoms in total. The van der Waals surface area contributed by atoms with E-state index in [0.29, 0.717) is 0 Å². The lowest BCUT2D eigenvalue weighted by Gasteiger charge is -2.42. The maximum absolute atomic E-state index is 2.77. The largest absolute Gasteiger partial charge is 0.375 e. The number of anilines is 6. The molecule has 3 heterocycles. The van der Waals surface area contributed by atoms with Gasteiger partial charge in [-0.2, -0.15) is 0 Å². The Hall–Kier alpha value is -8.60. The molecular formula is C78H72BN3. The van der Waals surface area contributed by atoms with E-state index >= 15 is 0 Å². The second kappa shape index (κ2) is 18.5. The zero-order valence-electron chi connectivity index (χ0n) is 49.7. The van der Waals surface area contributed by atoms with E-state index in [9.17, 15) is 0 Å². The van der Waals surface area contributed by atoms with Gasteiger partial charge in [-0.1, -0.05) is 223 Å². The Bertz CT molecular complexity index is 4450. The lowest BCUT2D eigenvalue weighted by atomic mass is 9.44. The number of para-hydroxylation sites is 2.